The van der Waals surface area contributed by atoms with Crippen LogP contribution in [0.1, 0.15) is 202 Å². The van der Waals surface area contributed by atoms with E-state index in [2.05, 4.69) is 158 Å². The molecule has 0 aromatic carbocycles. The number of nitrogens with one attached hydrogen (secondary N) is 1. The van der Waals surface area contributed by atoms with Crippen LogP contribution in [0.2, 0.25) is 0 Å². The molecule has 1 aromatic rings. The molecule has 11 heteroatoms. The molecule has 4 heterocycles. The summed E-state index contributed by atoms with van der Waals surface area (Å²) in [6, 6.07) is 0. The van der Waals surface area contributed by atoms with Crippen LogP contribution in [0.15, 0.2) is 12.5 Å². The van der Waals surface area contributed by atoms with Gasteiger partial charge < -0.3 is 29.0 Å². The molecule has 3 saturated heterocycles. The first-order chi connectivity index (χ1) is 31.0. The lowest BCUT2D eigenvalue weighted by atomic mass is 9.75. The summed E-state index contributed by atoms with van der Waals surface area (Å²) >= 11 is 0. The van der Waals surface area contributed by atoms with Gasteiger partial charge in [0.15, 0.2) is 0 Å². The molecule has 0 amide bonds. The number of sulfonamides is 1. The zero-order valence-electron chi connectivity index (χ0n) is 50.9. The van der Waals surface area contributed by atoms with E-state index >= 15 is 0 Å². The first kappa shape index (κ1) is 70.0. The maximum atomic E-state index is 11.3. The Labute approximate surface area is 431 Å². The quantitative estimate of drug-likeness (QED) is 0.275. The van der Waals surface area contributed by atoms with Crippen molar-refractivity contribution >= 4 is 10.0 Å². The van der Waals surface area contributed by atoms with Crippen molar-refractivity contribution in [2.75, 3.05) is 93.7 Å². The third-order valence-corrected chi connectivity index (χ3v) is 15.0. The molecule has 1 unspecified atom stereocenters. The summed E-state index contributed by atoms with van der Waals surface area (Å²) in [5.74, 6) is 3.16. The average molecular weight is 1000 g/mol. The normalized spacial score (nSPS) is 19.3. The number of imidazole rings is 1. The molecule has 3 aliphatic heterocycles. The molecule has 69 heavy (non-hydrogen) atoms. The van der Waals surface area contributed by atoms with Gasteiger partial charge in [-0.05, 0) is 141 Å². The second-order valence-corrected chi connectivity index (χ2v) is 31.4. The van der Waals surface area contributed by atoms with Gasteiger partial charge in [0.05, 0.1) is 38.0 Å². The van der Waals surface area contributed by atoms with Crippen molar-refractivity contribution in [3.05, 3.63) is 18.2 Å². The minimum atomic E-state index is -3.00. The van der Waals surface area contributed by atoms with Gasteiger partial charge in [-0.1, -0.05) is 145 Å². The molecule has 0 bridgehead atoms. The Balaban J connectivity index is 0. The summed E-state index contributed by atoms with van der Waals surface area (Å²) in [6.07, 6.45) is 14.9. The Bertz CT molecular complexity index is 1490. The number of aromatic amines is 1. The maximum Gasteiger partial charge on any atom is 0.213 e. The monoisotopic (exact) mass is 1000 g/mol. The summed E-state index contributed by atoms with van der Waals surface area (Å²) in [7, 11) is 6.28. The number of hydrogen-bond acceptors (Lipinski definition) is 8. The van der Waals surface area contributed by atoms with Crippen LogP contribution in [0, 0.1) is 55.7 Å². The maximum absolute atomic E-state index is 11.3. The van der Waals surface area contributed by atoms with Gasteiger partial charge in [-0.3, -0.25) is 0 Å². The fourth-order valence-electron chi connectivity index (χ4n) is 7.37. The van der Waals surface area contributed by atoms with Crippen LogP contribution in [-0.4, -0.2) is 132 Å². The van der Waals surface area contributed by atoms with Gasteiger partial charge in [0.25, 0.3) is 0 Å². The van der Waals surface area contributed by atoms with Crippen molar-refractivity contribution in [1.82, 2.24) is 24.1 Å². The second kappa shape index (κ2) is 31.6. The third kappa shape index (κ3) is 42.0. The third-order valence-electron chi connectivity index (χ3n) is 13.2. The number of aryl methyl sites for hydroxylation is 1. The van der Waals surface area contributed by atoms with E-state index < -0.39 is 10.0 Å². The van der Waals surface area contributed by atoms with E-state index in [1.807, 2.05) is 27.0 Å². The standard InChI is InChI=1S/C10H21N.C9H16N2.C9H18O2.C8H19NO2S.C8H17N.C7H16O.C7H14/c1-10(2,3)9-5-7-11(4)8-6-9;1-9(2,3)5-4-8-6-10-7-11-8;1-9(2,3)6-8-7-10-4-5-11-8;1-8(2,3)6-7-12(10,11)9(4)5;1-8(2,3)7-5-9(4)6-7;1-7(2,3)5-6-8-4;1-7(2,3)6-4-5-6/h9H,5-8H2,1-4H3;6-7H,4-5H2,1-3H3,(H,10,11);8H,4-7H2,1-3H3;6-7H2,1-5H3;7H,5-6H2,1-4H3;5-6H2,1-4H3;6H,4-5H2,1-3H3. The van der Waals surface area contributed by atoms with Gasteiger partial charge in [0.2, 0.25) is 10.0 Å². The van der Waals surface area contributed by atoms with Crippen molar-refractivity contribution in [2.24, 2.45) is 55.7 Å². The molecule has 1 aromatic heterocycles. The molecule has 0 spiro atoms. The van der Waals surface area contributed by atoms with Crippen molar-refractivity contribution in [2.45, 2.75) is 209 Å². The van der Waals surface area contributed by atoms with Crippen LogP contribution in [-0.2, 0) is 30.7 Å². The summed E-state index contributed by atoms with van der Waals surface area (Å²) < 4.78 is 39.6. The topological polar surface area (TPSA) is 100 Å². The van der Waals surface area contributed by atoms with Crippen LogP contribution in [0.25, 0.3) is 0 Å². The van der Waals surface area contributed by atoms with Crippen molar-refractivity contribution in [1.29, 1.82) is 0 Å². The highest BCUT2D eigenvalue weighted by Crippen LogP contribution is 2.44. The Morgan fingerprint density at radius 3 is 1.39 bits per heavy atom. The predicted octanol–water partition coefficient (Wildman–Crippen LogP) is 14.0. The lowest BCUT2D eigenvalue weighted by molar-refractivity contribution is -0.100. The number of aromatic nitrogens is 2. The number of piperidine rings is 1. The molecule has 0 radical (unpaired) electrons. The van der Waals surface area contributed by atoms with Gasteiger partial charge in [-0.15, -0.1) is 0 Å². The lowest BCUT2D eigenvalue weighted by Crippen LogP contribution is -2.49. The molecule has 4 aliphatic rings. The van der Waals surface area contributed by atoms with Crippen molar-refractivity contribution < 1.29 is 22.6 Å². The van der Waals surface area contributed by atoms with E-state index in [4.69, 9.17) is 14.2 Å². The number of nitrogens with zero attached hydrogens (tertiary/aromatic N) is 4. The first-order valence-corrected chi connectivity index (χ1v) is 28.5. The number of H-pyrrole nitrogens is 1. The minimum absolute atomic E-state index is 0.0864. The molecule has 10 nitrogen and oxygen atoms in total. The molecule has 1 saturated carbocycles. The zero-order chi connectivity index (χ0) is 54.3. The number of rotatable bonds is 8. The Kier molecular flexibility index (Phi) is 32.1. The highest BCUT2D eigenvalue weighted by Gasteiger charge is 2.34. The van der Waals surface area contributed by atoms with E-state index in [1.54, 1.807) is 27.5 Å². The van der Waals surface area contributed by atoms with E-state index in [1.165, 1.54) is 68.3 Å². The van der Waals surface area contributed by atoms with E-state index in [-0.39, 0.29) is 11.2 Å². The Morgan fingerprint density at radius 1 is 0.652 bits per heavy atom. The SMILES string of the molecule is CC(C)(C)C1CC1.CC(C)(C)CC1COCCO1.CC(C)(C)CCc1cnc[nH]1.CN(C)S(=O)(=O)CCC(C)(C)C.CN1CC(C(C)(C)C)C1.CN1CCC(C(C)(C)C)CC1.COCCC(C)(C)C. The van der Waals surface area contributed by atoms with Crippen LogP contribution < -0.4 is 0 Å². The fourth-order valence-corrected chi connectivity index (χ4v) is 8.60. The molecule has 4 fully saturated rings. The molecular formula is C58H121N5O5S. The molecule has 1 N–H and O–H groups in total. The van der Waals surface area contributed by atoms with Gasteiger partial charge in [0, 0.05) is 52.8 Å². The van der Waals surface area contributed by atoms with E-state index in [0.717, 1.165) is 63.4 Å². The number of methoxy groups -OCH3 is 1. The minimum Gasteiger partial charge on any atom is -0.385 e. The van der Waals surface area contributed by atoms with Crippen molar-refractivity contribution in [3.8, 4) is 0 Å². The number of ether oxygens (including phenoxy) is 3. The Morgan fingerprint density at radius 2 is 1.12 bits per heavy atom. The van der Waals surface area contributed by atoms with E-state index in [0.29, 0.717) is 45.0 Å². The van der Waals surface area contributed by atoms with Crippen LogP contribution >= 0.6 is 0 Å². The largest absolute Gasteiger partial charge is 0.385 e. The zero-order valence-corrected chi connectivity index (χ0v) is 51.7. The smallest absolute Gasteiger partial charge is 0.213 e. The van der Waals surface area contributed by atoms with Gasteiger partial charge in [0.1, 0.15) is 0 Å². The molecule has 5 rings (SSSR count). The van der Waals surface area contributed by atoms with Crippen LogP contribution in [0.3, 0.4) is 0 Å². The summed E-state index contributed by atoms with van der Waals surface area (Å²) in [5, 5.41) is 0. The summed E-state index contributed by atoms with van der Waals surface area (Å²) in [5.41, 5.74) is 4.20. The molecular weight excluding hydrogens is 879 g/mol. The second-order valence-electron chi connectivity index (χ2n) is 29.1. The van der Waals surface area contributed by atoms with Crippen LogP contribution in [0.4, 0.5) is 0 Å². The number of likely N-dealkylation sites (tertiary alicyclic amines) is 2. The van der Waals surface area contributed by atoms with E-state index in [9.17, 15) is 8.42 Å². The summed E-state index contributed by atoms with van der Waals surface area (Å²) in [6.45, 7) is 55.6. The lowest BCUT2D eigenvalue weighted by Gasteiger charge is -2.44. The Hall–Kier alpha value is -1.08. The molecule has 1 aliphatic carbocycles. The predicted molar refractivity (Wildman–Crippen MR) is 301 cm³/mol. The average Bonchev–Trinajstić information content (AvgIpc) is 3.91. The fraction of sp³-hybridized carbons (Fsp3) is 0.948. The first-order valence-electron chi connectivity index (χ1n) is 26.9. The highest BCUT2D eigenvalue weighted by atomic mass is 32.2. The number of hydrogen-bond donors (Lipinski definition) is 1. The molecule has 1 atom stereocenters. The van der Waals surface area contributed by atoms with Gasteiger partial charge in [-0.25, -0.2) is 17.7 Å². The van der Waals surface area contributed by atoms with Gasteiger partial charge >= 0.3 is 0 Å². The summed E-state index contributed by atoms with van der Waals surface area (Å²) in [4.78, 5) is 11.9. The van der Waals surface area contributed by atoms with Crippen molar-refractivity contribution in [3.63, 3.8) is 0 Å². The van der Waals surface area contributed by atoms with Crippen LogP contribution in [0.5, 0.6) is 0 Å². The molecule has 414 valence electrons. The highest BCUT2D eigenvalue weighted by molar-refractivity contribution is 7.89. The van der Waals surface area contributed by atoms with Gasteiger partial charge in [-0.2, -0.15) is 0 Å².